The van der Waals surface area contributed by atoms with Crippen molar-refractivity contribution in [3.8, 4) is 28.4 Å². The van der Waals surface area contributed by atoms with Gasteiger partial charge in [0.1, 0.15) is 29.5 Å². The molecule has 8 heteroatoms. The Labute approximate surface area is 370 Å². The first-order chi connectivity index (χ1) is 28.5. The van der Waals surface area contributed by atoms with E-state index in [2.05, 4.69) is 200 Å². The van der Waals surface area contributed by atoms with Crippen LogP contribution in [0.25, 0.3) is 11.1 Å². The first kappa shape index (κ1) is 40.4. The van der Waals surface area contributed by atoms with Crippen LogP contribution < -0.4 is 9.47 Å². The van der Waals surface area contributed by atoms with Crippen LogP contribution in [0.15, 0.2) is 146 Å². The van der Waals surface area contributed by atoms with Crippen molar-refractivity contribution >= 4 is 70.6 Å². The molecule has 0 saturated carbocycles. The Kier molecular flexibility index (Phi) is 12.5. The quantitative estimate of drug-likeness (QED) is 0.134. The highest BCUT2D eigenvalue weighted by molar-refractivity contribution is 8.19. The maximum absolute atomic E-state index is 6.47. The van der Waals surface area contributed by atoms with Crippen LogP contribution in [0, 0.1) is 6.92 Å². The maximum Gasteiger partial charge on any atom is 0.127 e. The van der Waals surface area contributed by atoms with Gasteiger partial charge < -0.3 is 9.47 Å². The molecule has 0 aromatic heterocycles. The Hall–Kier alpha value is -2.98. The largest absolute Gasteiger partial charge is 0.497 e. The zero-order valence-corrected chi connectivity index (χ0v) is 37.9. The van der Waals surface area contributed by atoms with E-state index in [1.807, 2.05) is 23.5 Å². The Bertz CT molecular complexity index is 2260. The lowest BCUT2D eigenvalue weighted by atomic mass is 9.97. The summed E-state index contributed by atoms with van der Waals surface area (Å²) in [5.74, 6) is 9.57. The van der Waals surface area contributed by atoms with Crippen molar-refractivity contribution in [3.63, 3.8) is 0 Å². The minimum absolute atomic E-state index is 0.0455. The summed E-state index contributed by atoms with van der Waals surface area (Å²) in [5, 5.41) is 0. The van der Waals surface area contributed by atoms with E-state index in [1.54, 1.807) is 7.11 Å². The fraction of sp³-hybridized carbons (Fsp3) is 0.280. The molecule has 0 amide bonds. The molecule has 0 bridgehead atoms. The molecule has 3 heterocycles. The smallest absolute Gasteiger partial charge is 0.127 e. The van der Waals surface area contributed by atoms with Crippen molar-refractivity contribution < 1.29 is 9.47 Å². The molecule has 3 fully saturated rings. The standard InChI is InChI=1S/C50H48O2S6/c1-36-6-12-39(13-7-36)48(53-30-3-31-54-48)40-14-8-37(9-15-40)38-10-16-41(17-11-38)49(55-32-4-33-56-49)43-20-26-46(27-21-43)52-47-28-22-44(23-29-47)50(57-34-5-35-58-50)42-18-24-45(51-2)25-19-42/h6-29H,3-5,30-35H2,1-2H3. The molecule has 6 aromatic rings. The molecule has 0 N–H and O–H groups in total. The second kappa shape index (κ2) is 17.9. The van der Waals surface area contributed by atoms with Gasteiger partial charge in [0.05, 0.1) is 7.11 Å². The fourth-order valence-corrected chi connectivity index (χ4v) is 18.2. The van der Waals surface area contributed by atoms with Crippen molar-refractivity contribution in [3.05, 3.63) is 185 Å². The lowest BCUT2D eigenvalue weighted by Gasteiger charge is -2.37. The summed E-state index contributed by atoms with van der Waals surface area (Å²) in [6, 6.07) is 54.2. The predicted molar refractivity (Wildman–Crippen MR) is 260 cm³/mol. The SMILES string of the molecule is COc1ccc(C2(c3ccc(Oc4ccc(C5(c6ccc(-c7ccc(C8(c9ccc(C)cc9)SCCCS8)cc7)cc6)SCCCS5)cc4)cc3)SCCCS2)cc1. The number of methoxy groups -OCH3 is 1. The Morgan fingerprint density at radius 3 is 0.897 bits per heavy atom. The molecule has 3 saturated heterocycles. The van der Waals surface area contributed by atoms with Crippen LogP contribution in [0.4, 0.5) is 0 Å². The van der Waals surface area contributed by atoms with Gasteiger partial charge in [0, 0.05) is 0 Å². The van der Waals surface area contributed by atoms with Gasteiger partial charge in [0.15, 0.2) is 0 Å². The summed E-state index contributed by atoms with van der Waals surface area (Å²) in [6.45, 7) is 2.17. The van der Waals surface area contributed by atoms with Gasteiger partial charge in [-0.3, -0.25) is 0 Å². The third-order valence-electron chi connectivity index (χ3n) is 11.2. The van der Waals surface area contributed by atoms with E-state index in [0.717, 1.165) is 40.3 Å². The lowest BCUT2D eigenvalue weighted by molar-refractivity contribution is 0.414. The predicted octanol–water partition coefficient (Wildman–Crippen LogP) is 14.7. The topological polar surface area (TPSA) is 18.5 Å². The van der Waals surface area contributed by atoms with Crippen molar-refractivity contribution in [1.29, 1.82) is 0 Å². The minimum Gasteiger partial charge on any atom is -0.497 e. The number of hydrogen-bond acceptors (Lipinski definition) is 8. The minimum atomic E-state index is -0.151. The molecule has 3 aliphatic heterocycles. The zero-order valence-electron chi connectivity index (χ0n) is 33.0. The van der Waals surface area contributed by atoms with Crippen molar-refractivity contribution in [1.82, 2.24) is 0 Å². The van der Waals surface area contributed by atoms with E-state index in [1.165, 1.54) is 80.8 Å². The van der Waals surface area contributed by atoms with Gasteiger partial charge in [0.25, 0.3) is 0 Å². The number of rotatable bonds is 10. The highest BCUT2D eigenvalue weighted by atomic mass is 32.2. The molecule has 0 aliphatic carbocycles. The molecular formula is C50H48O2S6. The van der Waals surface area contributed by atoms with E-state index < -0.39 is 0 Å². The van der Waals surface area contributed by atoms with Crippen LogP contribution in [-0.2, 0) is 12.2 Å². The Morgan fingerprint density at radius 2 is 0.603 bits per heavy atom. The number of thioether (sulfide) groups is 6. The van der Waals surface area contributed by atoms with Gasteiger partial charge in [-0.15, -0.1) is 70.6 Å². The number of ether oxygens (including phenoxy) is 2. The second-order valence-electron chi connectivity index (χ2n) is 14.9. The highest BCUT2D eigenvalue weighted by Gasteiger charge is 2.40. The van der Waals surface area contributed by atoms with Crippen LogP contribution >= 0.6 is 70.6 Å². The summed E-state index contributed by atoms with van der Waals surface area (Å²) in [6.07, 6.45) is 3.73. The van der Waals surface area contributed by atoms with Crippen LogP contribution in [-0.4, -0.2) is 41.6 Å². The third kappa shape index (κ3) is 8.11. The van der Waals surface area contributed by atoms with Gasteiger partial charge in [-0.05, 0) is 142 Å². The van der Waals surface area contributed by atoms with Crippen molar-refractivity contribution in [2.45, 2.75) is 38.4 Å². The Balaban J connectivity index is 0.919. The molecule has 3 aliphatic rings. The van der Waals surface area contributed by atoms with E-state index in [-0.39, 0.29) is 12.2 Å². The van der Waals surface area contributed by atoms with E-state index in [9.17, 15) is 0 Å². The summed E-state index contributed by atoms with van der Waals surface area (Å²) >= 11 is 12.4. The monoisotopic (exact) mass is 872 g/mol. The summed E-state index contributed by atoms with van der Waals surface area (Å²) in [5.41, 5.74) is 11.9. The van der Waals surface area contributed by atoms with Crippen LogP contribution in [0.2, 0.25) is 0 Å². The molecule has 6 aromatic carbocycles. The van der Waals surface area contributed by atoms with Gasteiger partial charge in [-0.25, -0.2) is 0 Å². The maximum atomic E-state index is 6.47. The van der Waals surface area contributed by atoms with Crippen LogP contribution in [0.1, 0.15) is 58.2 Å². The molecule has 0 unspecified atom stereocenters. The first-order valence-electron chi connectivity index (χ1n) is 20.2. The molecule has 0 spiro atoms. The van der Waals surface area contributed by atoms with Crippen LogP contribution in [0.5, 0.6) is 17.2 Å². The fourth-order valence-electron chi connectivity index (χ4n) is 8.07. The van der Waals surface area contributed by atoms with Crippen LogP contribution in [0.3, 0.4) is 0 Å². The highest BCUT2D eigenvalue weighted by Crippen LogP contribution is 2.57. The van der Waals surface area contributed by atoms with Crippen molar-refractivity contribution in [2.75, 3.05) is 41.6 Å². The number of benzene rings is 6. The molecule has 9 rings (SSSR count). The van der Waals surface area contributed by atoms with Gasteiger partial charge in [0.2, 0.25) is 0 Å². The second-order valence-corrected chi connectivity index (χ2v) is 23.5. The number of hydrogen-bond donors (Lipinski definition) is 0. The summed E-state index contributed by atoms with van der Waals surface area (Å²) in [7, 11) is 1.72. The molecule has 0 atom stereocenters. The Morgan fingerprint density at radius 1 is 0.345 bits per heavy atom. The average Bonchev–Trinajstić information content (AvgIpc) is 3.30. The molecular weight excluding hydrogens is 825 g/mol. The van der Waals surface area contributed by atoms with Gasteiger partial charge >= 0.3 is 0 Å². The summed E-state index contributed by atoms with van der Waals surface area (Å²) < 4.78 is 11.6. The molecule has 58 heavy (non-hydrogen) atoms. The first-order valence-corrected chi connectivity index (χ1v) is 26.1. The van der Waals surface area contributed by atoms with E-state index >= 15 is 0 Å². The van der Waals surface area contributed by atoms with E-state index in [4.69, 9.17) is 9.47 Å². The van der Waals surface area contributed by atoms with E-state index in [0.29, 0.717) is 0 Å². The van der Waals surface area contributed by atoms with Gasteiger partial charge in [-0.2, -0.15) is 0 Å². The average molecular weight is 873 g/mol. The van der Waals surface area contributed by atoms with Gasteiger partial charge in [-0.1, -0.05) is 115 Å². The normalized spacial score (nSPS) is 18.6. The zero-order chi connectivity index (χ0) is 39.4. The lowest BCUT2D eigenvalue weighted by Crippen LogP contribution is -2.24. The summed E-state index contributed by atoms with van der Waals surface area (Å²) in [4.78, 5) is 0. The molecule has 0 radical (unpaired) electrons. The molecule has 296 valence electrons. The number of aryl methyl sites for hydroxylation is 1. The molecule has 2 nitrogen and oxygen atoms in total. The van der Waals surface area contributed by atoms with Crippen molar-refractivity contribution in [2.24, 2.45) is 0 Å². The third-order valence-corrected chi connectivity index (χ3v) is 21.5.